The van der Waals surface area contributed by atoms with E-state index in [1.165, 1.54) is 19.3 Å². The van der Waals surface area contributed by atoms with Gasteiger partial charge in [-0.15, -0.1) is 0 Å². The number of allylic oxidation sites excluding steroid dienone is 26. The van der Waals surface area contributed by atoms with Crippen LogP contribution in [-0.4, -0.2) is 37.2 Å². The van der Waals surface area contributed by atoms with Crippen LogP contribution in [0, 0.1) is 0 Å². The van der Waals surface area contributed by atoms with E-state index in [0.717, 1.165) is 128 Å². The molecular weight excluding hydrogens is 853 g/mol. The smallest absolute Gasteiger partial charge is 0.306 e. The molecule has 0 N–H and O–H groups in total. The van der Waals surface area contributed by atoms with E-state index >= 15 is 0 Å². The SMILES string of the molecule is CC/C=C\C/C=C\C/C=C\C/C=C\C/C=C\C/C=C\C/C=C\CCCC(=O)OCC(COC(=O)CCCCCCC/C=C\CCCC)OC(=O)CCC/C=C\C/C=C\C/C=C\C/C=C\C/C=C\CC. The molecule has 0 rings (SSSR count). The van der Waals surface area contributed by atoms with Crippen molar-refractivity contribution in [2.75, 3.05) is 13.2 Å². The van der Waals surface area contributed by atoms with Crippen LogP contribution in [-0.2, 0) is 28.6 Å². The molecule has 0 aliphatic rings. The zero-order valence-corrected chi connectivity index (χ0v) is 43.8. The molecule has 384 valence electrons. The largest absolute Gasteiger partial charge is 0.462 e. The first kappa shape index (κ1) is 64.0. The molecule has 0 heterocycles. The molecule has 0 aromatic rings. The normalized spacial score (nSPS) is 13.4. The molecule has 0 bridgehead atoms. The number of unbranched alkanes of at least 4 members (excludes halogenated alkanes) is 9. The van der Waals surface area contributed by atoms with Crippen LogP contribution in [0.15, 0.2) is 158 Å². The molecule has 0 radical (unpaired) electrons. The molecule has 0 amide bonds. The molecular formula is C63H96O6. The summed E-state index contributed by atoms with van der Waals surface area (Å²) < 4.78 is 16.7. The Kier molecular flexibility index (Phi) is 51.6. The van der Waals surface area contributed by atoms with Crippen LogP contribution in [0.25, 0.3) is 0 Å². The quantitative estimate of drug-likeness (QED) is 0.0262. The molecule has 0 aromatic heterocycles. The van der Waals surface area contributed by atoms with Gasteiger partial charge < -0.3 is 14.2 Å². The second-order valence-electron chi connectivity index (χ2n) is 17.0. The van der Waals surface area contributed by atoms with Gasteiger partial charge >= 0.3 is 17.9 Å². The van der Waals surface area contributed by atoms with Gasteiger partial charge in [0.1, 0.15) is 13.2 Å². The van der Waals surface area contributed by atoms with E-state index in [4.69, 9.17) is 14.2 Å². The summed E-state index contributed by atoms with van der Waals surface area (Å²) in [7, 11) is 0. The molecule has 6 heteroatoms. The molecule has 0 aromatic carbocycles. The maximum atomic E-state index is 12.8. The lowest BCUT2D eigenvalue weighted by Gasteiger charge is -2.18. The first-order valence-electron chi connectivity index (χ1n) is 27.0. The Labute approximate surface area is 422 Å². The van der Waals surface area contributed by atoms with Crippen LogP contribution < -0.4 is 0 Å². The van der Waals surface area contributed by atoms with Gasteiger partial charge in [-0.05, 0) is 128 Å². The summed E-state index contributed by atoms with van der Waals surface area (Å²) in [6.45, 7) is 6.24. The third kappa shape index (κ3) is 53.8. The number of hydrogen-bond acceptors (Lipinski definition) is 6. The van der Waals surface area contributed by atoms with Gasteiger partial charge in [-0.1, -0.05) is 211 Å². The van der Waals surface area contributed by atoms with Gasteiger partial charge in [0.2, 0.25) is 0 Å². The van der Waals surface area contributed by atoms with Gasteiger partial charge in [-0.25, -0.2) is 0 Å². The maximum absolute atomic E-state index is 12.8. The van der Waals surface area contributed by atoms with E-state index in [-0.39, 0.29) is 38.0 Å². The van der Waals surface area contributed by atoms with Crippen LogP contribution in [0.5, 0.6) is 0 Å². The number of ether oxygens (including phenoxy) is 3. The Bertz CT molecular complexity index is 1610. The minimum Gasteiger partial charge on any atom is -0.462 e. The summed E-state index contributed by atoms with van der Waals surface area (Å²) in [5.74, 6) is -1.07. The van der Waals surface area contributed by atoms with Crippen LogP contribution in [0.3, 0.4) is 0 Å². The van der Waals surface area contributed by atoms with Crippen LogP contribution in [0.4, 0.5) is 0 Å². The van der Waals surface area contributed by atoms with Crippen molar-refractivity contribution >= 4 is 17.9 Å². The number of rotatable bonds is 46. The Morgan fingerprint density at radius 3 is 0.957 bits per heavy atom. The van der Waals surface area contributed by atoms with Gasteiger partial charge in [-0.2, -0.15) is 0 Å². The fourth-order valence-corrected chi connectivity index (χ4v) is 6.50. The van der Waals surface area contributed by atoms with Gasteiger partial charge in [0.25, 0.3) is 0 Å². The first-order chi connectivity index (χ1) is 34.0. The van der Waals surface area contributed by atoms with Gasteiger partial charge in [0.15, 0.2) is 6.10 Å². The van der Waals surface area contributed by atoms with Crippen molar-refractivity contribution in [3.8, 4) is 0 Å². The van der Waals surface area contributed by atoms with Crippen molar-refractivity contribution < 1.29 is 28.6 Å². The molecule has 0 aliphatic carbocycles. The van der Waals surface area contributed by atoms with E-state index in [1.807, 2.05) is 0 Å². The number of carbonyl (C=O) groups is 3. The lowest BCUT2D eigenvalue weighted by molar-refractivity contribution is -0.167. The second kappa shape index (κ2) is 55.6. The molecule has 69 heavy (non-hydrogen) atoms. The number of esters is 3. The highest BCUT2D eigenvalue weighted by Crippen LogP contribution is 2.11. The van der Waals surface area contributed by atoms with Crippen LogP contribution in [0.2, 0.25) is 0 Å². The summed E-state index contributed by atoms with van der Waals surface area (Å²) in [6.07, 6.45) is 81.0. The van der Waals surface area contributed by atoms with Gasteiger partial charge in [-0.3, -0.25) is 14.4 Å². The average molecular weight is 949 g/mol. The standard InChI is InChI=1S/C63H96O6/c1-4-7-10-13-16-19-22-24-26-28-29-30-31-32-33-35-36-38-41-44-47-50-53-56-62(65)68-59-60(58-67-61(64)55-52-49-46-43-40-21-18-15-12-9-6-3)69-63(66)57-54-51-48-45-42-39-37-34-27-25-23-20-17-14-11-8-5-2/h7-8,10-11,15-20,24-27,29-30,32-33,36-39,44-45,47-48,60H,4-6,9,12-14,21-23,28,31,34-35,40-43,46,49-59H2,1-3H3/b10-7-,11-8-,18-15-,19-16-,20-17-,26-24-,27-25-,30-29-,33-32-,38-36-,39-37-,47-44-,48-45-. The van der Waals surface area contributed by atoms with Crippen molar-refractivity contribution in [2.45, 2.75) is 207 Å². The lowest BCUT2D eigenvalue weighted by Crippen LogP contribution is -2.30. The van der Waals surface area contributed by atoms with Crippen molar-refractivity contribution in [3.05, 3.63) is 158 Å². The Morgan fingerprint density at radius 2 is 0.580 bits per heavy atom. The summed E-state index contributed by atoms with van der Waals surface area (Å²) in [6, 6.07) is 0. The zero-order valence-electron chi connectivity index (χ0n) is 43.8. The minimum absolute atomic E-state index is 0.131. The number of hydrogen-bond donors (Lipinski definition) is 0. The second-order valence-corrected chi connectivity index (χ2v) is 17.0. The molecule has 0 saturated carbocycles. The Morgan fingerprint density at radius 1 is 0.304 bits per heavy atom. The van der Waals surface area contributed by atoms with E-state index < -0.39 is 12.1 Å². The average Bonchev–Trinajstić information content (AvgIpc) is 3.35. The molecule has 0 fully saturated rings. The third-order valence-electron chi connectivity index (χ3n) is 10.5. The van der Waals surface area contributed by atoms with Crippen molar-refractivity contribution in [2.24, 2.45) is 0 Å². The predicted octanol–water partition coefficient (Wildman–Crippen LogP) is 18.2. The van der Waals surface area contributed by atoms with E-state index in [2.05, 4.69) is 179 Å². The van der Waals surface area contributed by atoms with E-state index in [0.29, 0.717) is 19.3 Å². The van der Waals surface area contributed by atoms with Crippen molar-refractivity contribution in [1.29, 1.82) is 0 Å². The predicted molar refractivity (Wildman–Crippen MR) is 297 cm³/mol. The van der Waals surface area contributed by atoms with Crippen LogP contribution >= 0.6 is 0 Å². The highest BCUT2D eigenvalue weighted by Gasteiger charge is 2.19. The highest BCUT2D eigenvalue weighted by atomic mass is 16.6. The fraction of sp³-hybridized carbons (Fsp3) is 0.540. The van der Waals surface area contributed by atoms with Gasteiger partial charge in [0, 0.05) is 19.3 Å². The van der Waals surface area contributed by atoms with Crippen molar-refractivity contribution in [1.82, 2.24) is 0 Å². The molecule has 0 spiro atoms. The maximum Gasteiger partial charge on any atom is 0.306 e. The highest BCUT2D eigenvalue weighted by molar-refractivity contribution is 5.71. The molecule has 1 atom stereocenters. The van der Waals surface area contributed by atoms with Gasteiger partial charge in [0.05, 0.1) is 0 Å². The Balaban J connectivity index is 4.57. The summed E-state index contributed by atoms with van der Waals surface area (Å²) in [4.78, 5) is 38.0. The molecule has 0 saturated heterocycles. The van der Waals surface area contributed by atoms with Crippen molar-refractivity contribution in [3.63, 3.8) is 0 Å². The molecule has 1 unspecified atom stereocenters. The zero-order chi connectivity index (χ0) is 50.0. The fourth-order valence-electron chi connectivity index (χ4n) is 6.50. The van der Waals surface area contributed by atoms with E-state index in [1.54, 1.807) is 0 Å². The minimum atomic E-state index is -0.842. The first-order valence-corrected chi connectivity index (χ1v) is 27.0. The third-order valence-corrected chi connectivity index (χ3v) is 10.5. The number of carbonyl (C=O) groups excluding carboxylic acids is 3. The topological polar surface area (TPSA) is 78.9 Å². The lowest BCUT2D eigenvalue weighted by atomic mass is 10.1. The summed E-state index contributed by atoms with van der Waals surface area (Å²) in [5, 5.41) is 0. The molecule has 0 aliphatic heterocycles. The summed E-state index contributed by atoms with van der Waals surface area (Å²) >= 11 is 0. The molecule has 6 nitrogen and oxygen atoms in total. The monoisotopic (exact) mass is 949 g/mol. The Hall–Kier alpha value is -4.97. The summed E-state index contributed by atoms with van der Waals surface area (Å²) in [5.41, 5.74) is 0. The van der Waals surface area contributed by atoms with Crippen LogP contribution in [0.1, 0.15) is 201 Å². The van der Waals surface area contributed by atoms with E-state index in [9.17, 15) is 14.4 Å².